The van der Waals surface area contributed by atoms with Crippen molar-refractivity contribution in [2.45, 2.75) is 23.9 Å². The van der Waals surface area contributed by atoms with Gasteiger partial charge in [-0.05, 0) is 47.5 Å². The predicted octanol–water partition coefficient (Wildman–Crippen LogP) is 6.01. The molecule has 2 amide bonds. The van der Waals surface area contributed by atoms with Crippen molar-refractivity contribution in [1.29, 1.82) is 0 Å². The molecule has 1 aliphatic heterocycles. The van der Waals surface area contributed by atoms with Gasteiger partial charge in [0.15, 0.2) is 0 Å². The Kier molecular flexibility index (Phi) is 9.73. The number of nitrogens with one attached hydrogen (secondary N) is 1. The van der Waals surface area contributed by atoms with Crippen molar-refractivity contribution in [2.75, 3.05) is 31.9 Å². The van der Waals surface area contributed by atoms with Crippen LogP contribution in [0.2, 0.25) is 0 Å². The maximum Gasteiger partial charge on any atom is 0.246 e. The molecule has 0 spiro atoms. The van der Waals surface area contributed by atoms with E-state index in [1.54, 1.807) is 11.8 Å². The SMILES string of the molecule is CC(=O)NC(CSc1ccc(Oc2ccccc2)cc1)C(=O)N1CCN(C(c2ccccc2)c2ccccc2)CC1. The topological polar surface area (TPSA) is 61.9 Å². The highest BCUT2D eigenvalue weighted by Gasteiger charge is 2.31. The Bertz CT molecular complexity index is 1350. The summed E-state index contributed by atoms with van der Waals surface area (Å²) in [6.45, 7) is 4.19. The maximum atomic E-state index is 13.6. The number of piperazine rings is 1. The van der Waals surface area contributed by atoms with Crippen LogP contribution in [0.25, 0.3) is 0 Å². The molecule has 5 rings (SSSR count). The molecule has 1 saturated heterocycles. The number of hydrogen-bond acceptors (Lipinski definition) is 5. The molecule has 1 atom stereocenters. The lowest BCUT2D eigenvalue weighted by Gasteiger charge is -2.40. The van der Waals surface area contributed by atoms with Crippen LogP contribution in [0.1, 0.15) is 24.1 Å². The van der Waals surface area contributed by atoms with Gasteiger partial charge < -0.3 is 15.0 Å². The van der Waals surface area contributed by atoms with Gasteiger partial charge in [-0.15, -0.1) is 11.8 Å². The van der Waals surface area contributed by atoms with Gasteiger partial charge in [0, 0.05) is 43.8 Å². The zero-order chi connectivity index (χ0) is 28.4. The highest BCUT2D eigenvalue weighted by atomic mass is 32.2. The van der Waals surface area contributed by atoms with Crippen molar-refractivity contribution in [2.24, 2.45) is 0 Å². The highest BCUT2D eigenvalue weighted by Crippen LogP contribution is 2.30. The summed E-state index contributed by atoms with van der Waals surface area (Å²) in [6.07, 6.45) is 0. The highest BCUT2D eigenvalue weighted by molar-refractivity contribution is 7.99. The molecular formula is C34H35N3O3S. The average Bonchev–Trinajstić information content (AvgIpc) is 3.01. The fraction of sp³-hybridized carbons (Fsp3) is 0.235. The van der Waals surface area contributed by atoms with E-state index in [0.29, 0.717) is 18.8 Å². The molecule has 0 saturated carbocycles. The molecule has 41 heavy (non-hydrogen) atoms. The molecule has 1 unspecified atom stereocenters. The van der Waals surface area contributed by atoms with E-state index < -0.39 is 6.04 Å². The Balaban J connectivity index is 1.20. The van der Waals surface area contributed by atoms with Gasteiger partial charge in [0.25, 0.3) is 0 Å². The number of benzene rings is 4. The molecule has 0 bridgehead atoms. The third kappa shape index (κ3) is 7.78. The van der Waals surface area contributed by atoms with Gasteiger partial charge in [0.2, 0.25) is 11.8 Å². The lowest BCUT2D eigenvalue weighted by Crippen LogP contribution is -2.56. The van der Waals surface area contributed by atoms with Crippen LogP contribution in [-0.4, -0.2) is 59.6 Å². The van der Waals surface area contributed by atoms with Crippen molar-refractivity contribution in [3.8, 4) is 11.5 Å². The molecule has 4 aromatic rings. The summed E-state index contributed by atoms with van der Waals surface area (Å²) in [5.41, 5.74) is 2.48. The van der Waals surface area contributed by atoms with Crippen molar-refractivity contribution >= 4 is 23.6 Å². The van der Waals surface area contributed by atoms with Gasteiger partial charge in [0.1, 0.15) is 17.5 Å². The van der Waals surface area contributed by atoms with Gasteiger partial charge in [-0.25, -0.2) is 0 Å². The van der Waals surface area contributed by atoms with E-state index in [4.69, 9.17) is 4.74 Å². The Morgan fingerprint density at radius 3 is 1.78 bits per heavy atom. The first-order chi connectivity index (χ1) is 20.1. The van der Waals surface area contributed by atoms with Crippen LogP contribution in [-0.2, 0) is 9.59 Å². The normalized spacial score (nSPS) is 14.4. The van der Waals surface area contributed by atoms with Crippen LogP contribution in [0.15, 0.2) is 120 Å². The van der Waals surface area contributed by atoms with Gasteiger partial charge in [-0.1, -0.05) is 78.9 Å². The summed E-state index contributed by atoms with van der Waals surface area (Å²) in [5, 5.41) is 2.89. The Labute approximate surface area is 246 Å². The molecule has 1 aliphatic rings. The standard InChI is InChI=1S/C34H35N3O3S/c1-26(38)35-32(25-41-31-19-17-30(18-20-31)40-29-15-9-4-10-16-29)34(39)37-23-21-36(22-24-37)33(27-11-5-2-6-12-27)28-13-7-3-8-14-28/h2-20,32-33H,21-25H2,1H3,(H,35,38). The Hall–Kier alpha value is -4.07. The molecule has 1 heterocycles. The zero-order valence-electron chi connectivity index (χ0n) is 23.2. The summed E-state index contributed by atoms with van der Waals surface area (Å²) < 4.78 is 5.88. The molecule has 6 nitrogen and oxygen atoms in total. The minimum absolute atomic E-state index is 0.0349. The number of carbonyl (C=O) groups is 2. The fourth-order valence-corrected chi connectivity index (χ4v) is 6.05. The van der Waals surface area contributed by atoms with E-state index in [1.165, 1.54) is 18.1 Å². The summed E-state index contributed by atoms with van der Waals surface area (Å²) in [6, 6.07) is 38.0. The third-order valence-corrected chi connectivity index (χ3v) is 8.22. The first-order valence-electron chi connectivity index (χ1n) is 13.9. The number of ether oxygens (including phenoxy) is 1. The lowest BCUT2D eigenvalue weighted by atomic mass is 9.96. The van der Waals surface area contributed by atoms with Crippen molar-refractivity contribution in [1.82, 2.24) is 15.1 Å². The Morgan fingerprint density at radius 2 is 1.24 bits per heavy atom. The van der Waals surface area contributed by atoms with Gasteiger partial charge in [0.05, 0.1) is 6.04 Å². The molecule has 0 aliphatic carbocycles. The van der Waals surface area contributed by atoms with Crippen LogP contribution in [0, 0.1) is 0 Å². The zero-order valence-corrected chi connectivity index (χ0v) is 24.0. The van der Waals surface area contributed by atoms with Crippen LogP contribution in [0.5, 0.6) is 11.5 Å². The summed E-state index contributed by atoms with van der Waals surface area (Å²) in [5.74, 6) is 1.74. The number of carbonyl (C=O) groups excluding carboxylic acids is 2. The second kappa shape index (κ2) is 14.0. The second-order valence-electron chi connectivity index (χ2n) is 10.0. The largest absolute Gasteiger partial charge is 0.457 e. The first kappa shape index (κ1) is 28.5. The Morgan fingerprint density at radius 1 is 0.732 bits per heavy atom. The smallest absolute Gasteiger partial charge is 0.246 e. The number of rotatable bonds is 10. The van der Waals surface area contributed by atoms with E-state index in [-0.39, 0.29) is 17.9 Å². The van der Waals surface area contributed by atoms with Crippen molar-refractivity contribution in [3.63, 3.8) is 0 Å². The molecule has 0 radical (unpaired) electrons. The monoisotopic (exact) mass is 565 g/mol. The number of thioether (sulfide) groups is 1. The maximum absolute atomic E-state index is 13.6. The van der Waals surface area contributed by atoms with E-state index in [1.807, 2.05) is 71.6 Å². The third-order valence-electron chi connectivity index (χ3n) is 7.12. The number of amides is 2. The summed E-state index contributed by atoms with van der Waals surface area (Å²) >= 11 is 1.55. The van der Waals surface area contributed by atoms with Crippen LogP contribution in [0.3, 0.4) is 0 Å². The quantitative estimate of drug-likeness (QED) is 0.239. The minimum atomic E-state index is -0.594. The molecule has 7 heteroatoms. The fourth-order valence-electron chi connectivity index (χ4n) is 5.13. The molecule has 4 aromatic carbocycles. The van der Waals surface area contributed by atoms with Crippen LogP contribution < -0.4 is 10.1 Å². The number of nitrogens with zero attached hydrogens (tertiary/aromatic N) is 2. The van der Waals surface area contributed by atoms with Gasteiger partial charge in [-0.2, -0.15) is 0 Å². The summed E-state index contributed by atoms with van der Waals surface area (Å²) in [7, 11) is 0. The van der Waals surface area contributed by atoms with E-state index in [2.05, 4.69) is 58.7 Å². The molecule has 0 aromatic heterocycles. The molecular weight excluding hydrogens is 530 g/mol. The summed E-state index contributed by atoms with van der Waals surface area (Å²) in [4.78, 5) is 30.9. The van der Waals surface area contributed by atoms with Gasteiger partial charge in [-0.3, -0.25) is 14.5 Å². The molecule has 1 N–H and O–H groups in total. The molecule has 210 valence electrons. The van der Waals surface area contributed by atoms with Crippen molar-refractivity contribution < 1.29 is 14.3 Å². The van der Waals surface area contributed by atoms with E-state index in [0.717, 1.165) is 29.5 Å². The first-order valence-corrected chi connectivity index (χ1v) is 14.9. The predicted molar refractivity (Wildman–Crippen MR) is 164 cm³/mol. The number of hydrogen-bond donors (Lipinski definition) is 1. The lowest BCUT2D eigenvalue weighted by molar-refractivity contribution is -0.137. The van der Waals surface area contributed by atoms with Crippen molar-refractivity contribution in [3.05, 3.63) is 126 Å². The van der Waals surface area contributed by atoms with Gasteiger partial charge >= 0.3 is 0 Å². The van der Waals surface area contributed by atoms with E-state index in [9.17, 15) is 9.59 Å². The van der Waals surface area contributed by atoms with E-state index >= 15 is 0 Å². The second-order valence-corrected chi connectivity index (χ2v) is 11.1. The minimum Gasteiger partial charge on any atom is -0.457 e. The number of para-hydroxylation sites is 1. The molecule has 1 fully saturated rings. The van der Waals surface area contributed by atoms with Crippen LogP contribution >= 0.6 is 11.8 Å². The van der Waals surface area contributed by atoms with Crippen LogP contribution in [0.4, 0.5) is 0 Å². The average molecular weight is 566 g/mol.